The number of ether oxygens (including phenoxy) is 1. The topological polar surface area (TPSA) is 35.2 Å². The van der Waals surface area contributed by atoms with Crippen molar-refractivity contribution in [3.63, 3.8) is 0 Å². The molecule has 0 saturated heterocycles. The minimum Gasteiger partial charge on any atom is -0.493 e. The number of rotatable bonds is 6. The molecule has 0 spiro atoms. The fourth-order valence-corrected chi connectivity index (χ4v) is 1.68. The minimum absolute atomic E-state index is 0.341. The summed E-state index contributed by atoms with van der Waals surface area (Å²) < 4.78 is 18.3. The van der Waals surface area contributed by atoms with Gasteiger partial charge in [0.05, 0.1) is 13.3 Å². The Morgan fingerprint density at radius 3 is 2.87 bits per heavy atom. The van der Waals surface area contributed by atoms with E-state index in [1.54, 1.807) is 0 Å². The van der Waals surface area contributed by atoms with Crippen LogP contribution >= 0.6 is 15.9 Å². The molecule has 1 aromatic rings. The van der Waals surface area contributed by atoms with E-state index in [1.807, 2.05) is 18.2 Å². The maximum atomic E-state index is 11.9. The predicted octanol–water partition coefficient (Wildman–Crippen LogP) is 2.69. The highest BCUT2D eigenvalue weighted by atomic mass is 79.9. The lowest BCUT2D eigenvalue weighted by Gasteiger charge is -2.08. The third-order valence-corrected chi connectivity index (χ3v) is 2.75. The lowest BCUT2D eigenvalue weighted by atomic mass is 10.1. The number of nitrogens with two attached hydrogens (primary N) is 1. The van der Waals surface area contributed by atoms with Gasteiger partial charge in [-0.2, -0.15) is 0 Å². The zero-order chi connectivity index (χ0) is 11.1. The fraction of sp³-hybridized carbons (Fsp3) is 0.455. The molecule has 0 atom stereocenters. The summed E-state index contributed by atoms with van der Waals surface area (Å²) in [4.78, 5) is 0. The number of alkyl halides is 1. The van der Waals surface area contributed by atoms with E-state index in [-0.39, 0.29) is 6.67 Å². The highest BCUT2D eigenvalue weighted by Gasteiger charge is 2.01. The molecule has 0 aromatic heterocycles. The second-order valence-corrected chi connectivity index (χ2v) is 4.04. The molecule has 0 aliphatic rings. The summed E-state index contributed by atoms with van der Waals surface area (Å²) >= 11 is 3.44. The summed E-state index contributed by atoms with van der Waals surface area (Å²) in [5.74, 6) is 0.773. The van der Waals surface area contributed by atoms with E-state index in [4.69, 9.17) is 10.5 Å². The predicted molar refractivity (Wildman–Crippen MR) is 63.0 cm³/mol. The van der Waals surface area contributed by atoms with Gasteiger partial charge in [-0.05, 0) is 36.7 Å². The zero-order valence-electron chi connectivity index (χ0n) is 8.51. The smallest absolute Gasteiger partial charge is 0.119 e. The zero-order valence-corrected chi connectivity index (χ0v) is 10.1. The van der Waals surface area contributed by atoms with Gasteiger partial charge in [-0.15, -0.1) is 0 Å². The molecule has 0 unspecified atom stereocenters. The summed E-state index contributed by atoms with van der Waals surface area (Å²) in [6.45, 7) is 0.679. The van der Waals surface area contributed by atoms with Gasteiger partial charge in [0.15, 0.2) is 0 Å². The van der Waals surface area contributed by atoms with Crippen LogP contribution < -0.4 is 10.5 Å². The third-order valence-electron chi connectivity index (χ3n) is 1.98. The second-order valence-electron chi connectivity index (χ2n) is 3.18. The first-order valence-electron chi connectivity index (χ1n) is 4.95. The largest absolute Gasteiger partial charge is 0.493 e. The first-order chi connectivity index (χ1) is 7.27. The Labute approximate surface area is 97.7 Å². The summed E-state index contributed by atoms with van der Waals surface area (Å²) in [5, 5.41) is 0. The Morgan fingerprint density at radius 1 is 1.40 bits per heavy atom. The maximum absolute atomic E-state index is 11.9. The van der Waals surface area contributed by atoms with Crippen LogP contribution in [-0.4, -0.2) is 19.8 Å². The summed E-state index contributed by atoms with van der Waals surface area (Å²) in [6, 6.07) is 5.73. The Balaban J connectivity index is 2.61. The first-order valence-corrected chi connectivity index (χ1v) is 5.74. The van der Waals surface area contributed by atoms with Crippen LogP contribution in [0.25, 0.3) is 0 Å². The van der Waals surface area contributed by atoms with Crippen molar-refractivity contribution in [2.45, 2.75) is 12.8 Å². The van der Waals surface area contributed by atoms with Crippen molar-refractivity contribution < 1.29 is 9.13 Å². The van der Waals surface area contributed by atoms with Crippen molar-refractivity contribution in [3.8, 4) is 5.75 Å². The lowest BCUT2D eigenvalue weighted by Crippen LogP contribution is -2.04. The molecule has 0 amide bonds. The molecule has 0 aliphatic carbocycles. The van der Waals surface area contributed by atoms with Gasteiger partial charge in [0.2, 0.25) is 0 Å². The van der Waals surface area contributed by atoms with Gasteiger partial charge >= 0.3 is 0 Å². The molecule has 0 bridgehead atoms. The molecule has 0 fully saturated rings. The van der Waals surface area contributed by atoms with E-state index in [9.17, 15) is 4.39 Å². The molecule has 0 heterocycles. The first kappa shape index (κ1) is 12.5. The molecule has 15 heavy (non-hydrogen) atoms. The van der Waals surface area contributed by atoms with E-state index in [0.29, 0.717) is 19.6 Å². The van der Waals surface area contributed by atoms with E-state index in [0.717, 1.165) is 22.2 Å². The quantitative estimate of drug-likeness (QED) is 0.811. The van der Waals surface area contributed by atoms with Crippen molar-refractivity contribution in [2.24, 2.45) is 5.73 Å². The number of hydrogen-bond acceptors (Lipinski definition) is 2. The molecule has 0 saturated carbocycles. The van der Waals surface area contributed by atoms with Crippen molar-refractivity contribution in [3.05, 3.63) is 28.2 Å². The highest BCUT2D eigenvalue weighted by Crippen LogP contribution is 2.22. The molecule has 1 aromatic carbocycles. The standard InChI is InChI=1S/C11H15BrFNO/c12-11-3-2-10(15-7-1-5-13)8-9(11)4-6-14/h2-3,8H,1,4-7,14H2. The molecule has 4 heteroatoms. The summed E-state index contributed by atoms with van der Waals surface area (Å²) in [6.07, 6.45) is 1.24. The van der Waals surface area contributed by atoms with Crippen molar-refractivity contribution in [1.29, 1.82) is 0 Å². The van der Waals surface area contributed by atoms with Gasteiger partial charge in [0.1, 0.15) is 5.75 Å². The lowest BCUT2D eigenvalue weighted by molar-refractivity contribution is 0.289. The van der Waals surface area contributed by atoms with Crippen LogP contribution in [0.1, 0.15) is 12.0 Å². The normalized spacial score (nSPS) is 10.3. The van der Waals surface area contributed by atoms with Gasteiger partial charge in [0.25, 0.3) is 0 Å². The Hall–Kier alpha value is -0.610. The van der Waals surface area contributed by atoms with Gasteiger partial charge in [-0.1, -0.05) is 15.9 Å². The fourth-order valence-electron chi connectivity index (χ4n) is 1.23. The van der Waals surface area contributed by atoms with E-state index >= 15 is 0 Å². The van der Waals surface area contributed by atoms with Crippen LogP contribution in [0, 0.1) is 0 Å². The highest BCUT2D eigenvalue weighted by molar-refractivity contribution is 9.10. The number of hydrogen-bond donors (Lipinski definition) is 1. The van der Waals surface area contributed by atoms with Crippen LogP contribution in [0.15, 0.2) is 22.7 Å². The van der Waals surface area contributed by atoms with Crippen molar-refractivity contribution in [2.75, 3.05) is 19.8 Å². The average Bonchev–Trinajstić information content (AvgIpc) is 2.23. The van der Waals surface area contributed by atoms with Crippen LogP contribution in [0.5, 0.6) is 5.75 Å². The SMILES string of the molecule is NCCc1cc(OCCCF)ccc1Br. The van der Waals surface area contributed by atoms with Gasteiger partial charge < -0.3 is 10.5 Å². The molecular weight excluding hydrogens is 261 g/mol. The molecule has 1 rings (SSSR count). The number of benzene rings is 1. The molecular formula is C11H15BrFNO. The average molecular weight is 276 g/mol. The van der Waals surface area contributed by atoms with Gasteiger partial charge in [-0.25, -0.2) is 0 Å². The van der Waals surface area contributed by atoms with E-state index in [1.165, 1.54) is 0 Å². The molecule has 0 aliphatic heterocycles. The van der Waals surface area contributed by atoms with Gasteiger partial charge in [0, 0.05) is 10.9 Å². The summed E-state index contributed by atoms with van der Waals surface area (Å²) in [5.41, 5.74) is 6.61. The second kappa shape index (κ2) is 6.80. The molecule has 0 radical (unpaired) electrons. The third kappa shape index (κ3) is 4.18. The van der Waals surface area contributed by atoms with Crippen LogP contribution in [-0.2, 0) is 6.42 Å². The van der Waals surface area contributed by atoms with Crippen LogP contribution in [0.2, 0.25) is 0 Å². The Bertz CT molecular complexity index is 307. The number of halogens is 2. The van der Waals surface area contributed by atoms with Gasteiger partial charge in [-0.3, -0.25) is 4.39 Å². The maximum Gasteiger partial charge on any atom is 0.119 e. The minimum atomic E-state index is -0.341. The Morgan fingerprint density at radius 2 is 2.20 bits per heavy atom. The van der Waals surface area contributed by atoms with E-state index in [2.05, 4.69) is 15.9 Å². The summed E-state index contributed by atoms with van der Waals surface area (Å²) in [7, 11) is 0. The van der Waals surface area contributed by atoms with Crippen molar-refractivity contribution in [1.82, 2.24) is 0 Å². The Kier molecular flexibility index (Phi) is 5.65. The molecule has 2 nitrogen and oxygen atoms in total. The van der Waals surface area contributed by atoms with Crippen LogP contribution in [0.4, 0.5) is 4.39 Å². The monoisotopic (exact) mass is 275 g/mol. The molecule has 2 N–H and O–H groups in total. The van der Waals surface area contributed by atoms with Crippen LogP contribution in [0.3, 0.4) is 0 Å². The van der Waals surface area contributed by atoms with Crippen molar-refractivity contribution >= 4 is 15.9 Å². The molecule has 84 valence electrons. The van der Waals surface area contributed by atoms with E-state index < -0.39 is 0 Å².